The summed E-state index contributed by atoms with van der Waals surface area (Å²) >= 11 is 0. The van der Waals surface area contributed by atoms with Crippen molar-refractivity contribution in [2.24, 2.45) is 4.40 Å². The van der Waals surface area contributed by atoms with Crippen LogP contribution in [0.2, 0.25) is 0 Å². The second kappa shape index (κ2) is 9.09. The smallest absolute Gasteiger partial charge is 0.284 e. The maximum atomic E-state index is 12.6. The highest BCUT2D eigenvalue weighted by Crippen LogP contribution is 2.17. The molecule has 8 heteroatoms. The maximum Gasteiger partial charge on any atom is 0.284 e. The summed E-state index contributed by atoms with van der Waals surface area (Å²) in [5.41, 5.74) is 1.69. The summed E-state index contributed by atoms with van der Waals surface area (Å²) in [5.74, 6) is 0.166. The van der Waals surface area contributed by atoms with Gasteiger partial charge in [-0.15, -0.1) is 11.0 Å². The van der Waals surface area contributed by atoms with Gasteiger partial charge in [0.25, 0.3) is 15.7 Å². The van der Waals surface area contributed by atoms with Crippen LogP contribution in [0.15, 0.2) is 83.1 Å². The molecule has 0 aliphatic heterocycles. The summed E-state index contributed by atoms with van der Waals surface area (Å²) in [5, 5.41) is 10.8. The van der Waals surface area contributed by atoms with Crippen LogP contribution >= 0.6 is 0 Å². The second-order valence-electron chi connectivity index (χ2n) is 6.03. The van der Waals surface area contributed by atoms with Crippen LogP contribution in [0.25, 0.3) is 0 Å². The van der Waals surface area contributed by atoms with Crippen LogP contribution in [0.4, 0.5) is 5.69 Å². The van der Waals surface area contributed by atoms with Gasteiger partial charge in [0.2, 0.25) is 0 Å². The number of hydrogen-bond acceptors (Lipinski definition) is 4. The molecule has 0 saturated carbocycles. The number of rotatable bonds is 8. The monoisotopic (exact) mass is 399 g/mol. The van der Waals surface area contributed by atoms with E-state index in [1.54, 1.807) is 35.2 Å². The summed E-state index contributed by atoms with van der Waals surface area (Å²) < 4.78 is 29.2. The molecular weight excluding hydrogens is 378 g/mol. The van der Waals surface area contributed by atoms with Gasteiger partial charge in [0.15, 0.2) is 0 Å². The Balaban J connectivity index is 2.34. The Bertz CT molecular complexity index is 995. The average Bonchev–Trinajstić information content (AvgIpc) is 2.66. The predicted molar refractivity (Wildman–Crippen MR) is 110 cm³/mol. The van der Waals surface area contributed by atoms with Gasteiger partial charge < -0.3 is 4.90 Å². The van der Waals surface area contributed by atoms with Crippen molar-refractivity contribution in [1.82, 2.24) is 4.90 Å². The third kappa shape index (κ3) is 5.37. The lowest BCUT2D eigenvalue weighted by molar-refractivity contribution is -0.384. The van der Waals surface area contributed by atoms with E-state index in [2.05, 4.69) is 17.6 Å². The lowest BCUT2D eigenvalue weighted by Crippen LogP contribution is -2.30. The van der Waals surface area contributed by atoms with E-state index in [1.807, 2.05) is 6.92 Å². The zero-order valence-corrected chi connectivity index (χ0v) is 16.3. The van der Waals surface area contributed by atoms with Gasteiger partial charge in [0.1, 0.15) is 5.84 Å². The third-order valence-corrected chi connectivity index (χ3v) is 5.20. The van der Waals surface area contributed by atoms with E-state index >= 15 is 0 Å². The fourth-order valence-corrected chi connectivity index (χ4v) is 3.47. The van der Waals surface area contributed by atoms with Crippen molar-refractivity contribution < 1.29 is 13.3 Å². The normalized spacial score (nSPS) is 11.7. The minimum absolute atomic E-state index is 0.0152. The average molecular weight is 399 g/mol. The Morgan fingerprint density at radius 1 is 1.14 bits per heavy atom. The van der Waals surface area contributed by atoms with Crippen molar-refractivity contribution >= 4 is 21.5 Å². The zero-order chi connectivity index (χ0) is 20.7. The van der Waals surface area contributed by atoms with Crippen LogP contribution < -0.4 is 0 Å². The Kier molecular flexibility index (Phi) is 6.84. The van der Waals surface area contributed by atoms with E-state index in [0.29, 0.717) is 6.54 Å². The summed E-state index contributed by atoms with van der Waals surface area (Å²) in [6.45, 7) is 9.85. The van der Waals surface area contributed by atoms with Crippen molar-refractivity contribution in [1.29, 1.82) is 0 Å². The number of hydrogen-bond donors (Lipinski definition) is 0. The lowest BCUT2D eigenvalue weighted by Gasteiger charge is -2.23. The molecule has 0 saturated heterocycles. The number of nitrogens with zero attached hydrogens (tertiary/aromatic N) is 3. The molecule has 2 rings (SSSR count). The SMILES string of the molecule is C=CCN(Cc1ccc([N+](=O)[O-])cc1)C(C=C)=NS(=O)(=O)c1ccc(C)cc1. The predicted octanol–water partition coefficient (Wildman–Crippen LogP) is 3.86. The van der Waals surface area contributed by atoms with Gasteiger partial charge in [-0.25, -0.2) is 0 Å². The molecule has 0 unspecified atom stereocenters. The molecule has 146 valence electrons. The Labute approximate surface area is 164 Å². The van der Waals surface area contributed by atoms with Gasteiger partial charge in [0.05, 0.1) is 9.82 Å². The molecule has 0 heterocycles. The molecule has 2 aromatic rings. The van der Waals surface area contributed by atoms with Crippen LogP contribution in [0, 0.1) is 17.0 Å². The minimum Gasteiger partial charge on any atom is -0.348 e. The fourth-order valence-electron chi connectivity index (χ4n) is 2.45. The molecule has 0 aromatic heterocycles. The van der Waals surface area contributed by atoms with E-state index in [1.165, 1.54) is 30.3 Å². The van der Waals surface area contributed by atoms with Crippen molar-refractivity contribution in [3.63, 3.8) is 0 Å². The number of aryl methyl sites for hydroxylation is 1. The molecule has 2 aromatic carbocycles. The van der Waals surface area contributed by atoms with Crippen molar-refractivity contribution in [3.05, 3.63) is 95.1 Å². The number of benzene rings is 2. The van der Waals surface area contributed by atoms with Gasteiger partial charge in [-0.3, -0.25) is 10.1 Å². The largest absolute Gasteiger partial charge is 0.348 e. The van der Waals surface area contributed by atoms with E-state index in [9.17, 15) is 18.5 Å². The number of non-ortho nitro benzene ring substituents is 1. The first-order valence-electron chi connectivity index (χ1n) is 8.40. The van der Waals surface area contributed by atoms with E-state index in [-0.39, 0.29) is 23.0 Å². The zero-order valence-electron chi connectivity index (χ0n) is 15.5. The molecule has 0 atom stereocenters. The Hall–Kier alpha value is -3.26. The molecule has 28 heavy (non-hydrogen) atoms. The van der Waals surface area contributed by atoms with Crippen LogP contribution in [0.3, 0.4) is 0 Å². The first-order chi connectivity index (χ1) is 13.3. The highest BCUT2D eigenvalue weighted by molar-refractivity contribution is 7.90. The molecule has 0 aliphatic rings. The summed E-state index contributed by atoms with van der Waals surface area (Å²) in [6.07, 6.45) is 2.98. The third-order valence-electron chi connectivity index (χ3n) is 3.91. The maximum absolute atomic E-state index is 12.6. The summed E-state index contributed by atoms with van der Waals surface area (Å²) in [7, 11) is -3.91. The second-order valence-corrected chi connectivity index (χ2v) is 7.64. The molecule has 0 radical (unpaired) electrons. The number of nitro groups is 1. The molecule has 0 bridgehead atoms. The van der Waals surface area contributed by atoms with E-state index < -0.39 is 14.9 Å². The highest BCUT2D eigenvalue weighted by atomic mass is 32.2. The first kappa shape index (κ1) is 21.0. The number of amidine groups is 1. The van der Waals surface area contributed by atoms with Gasteiger partial charge in [-0.2, -0.15) is 8.42 Å². The van der Waals surface area contributed by atoms with E-state index in [0.717, 1.165) is 11.1 Å². The van der Waals surface area contributed by atoms with Gasteiger partial charge in [0, 0.05) is 25.2 Å². The van der Waals surface area contributed by atoms with E-state index in [4.69, 9.17) is 0 Å². The van der Waals surface area contributed by atoms with Crippen LogP contribution in [-0.4, -0.2) is 30.6 Å². The molecule has 0 spiro atoms. The number of sulfonamides is 1. The molecular formula is C20H21N3O4S. The molecule has 0 fully saturated rings. The van der Waals surface area contributed by atoms with Crippen molar-refractivity contribution in [2.75, 3.05) is 6.54 Å². The van der Waals surface area contributed by atoms with Crippen LogP contribution in [-0.2, 0) is 16.6 Å². The first-order valence-corrected chi connectivity index (χ1v) is 9.84. The van der Waals surface area contributed by atoms with Crippen LogP contribution in [0.5, 0.6) is 0 Å². The standard InChI is InChI=1S/C20H21N3O4S/c1-4-14-22(15-17-8-10-18(11-9-17)23(24)25)20(5-2)21-28(26,27)19-12-6-16(3)7-13-19/h4-13H,1-2,14-15H2,3H3. The topological polar surface area (TPSA) is 92.9 Å². The molecule has 0 aliphatic carbocycles. The van der Waals surface area contributed by atoms with Crippen LogP contribution in [0.1, 0.15) is 11.1 Å². The molecule has 0 N–H and O–H groups in total. The highest BCUT2D eigenvalue weighted by Gasteiger charge is 2.17. The fraction of sp³-hybridized carbons (Fsp3) is 0.150. The Morgan fingerprint density at radius 3 is 2.25 bits per heavy atom. The Morgan fingerprint density at radius 2 is 1.75 bits per heavy atom. The number of nitro benzene ring substituents is 1. The van der Waals surface area contributed by atoms with Crippen molar-refractivity contribution in [2.45, 2.75) is 18.4 Å². The summed E-state index contributed by atoms with van der Waals surface area (Å²) in [6, 6.07) is 12.4. The van der Waals surface area contributed by atoms with Gasteiger partial charge >= 0.3 is 0 Å². The van der Waals surface area contributed by atoms with Gasteiger partial charge in [-0.1, -0.05) is 42.5 Å². The molecule has 0 amide bonds. The van der Waals surface area contributed by atoms with Gasteiger partial charge in [-0.05, 0) is 30.7 Å². The van der Waals surface area contributed by atoms with Crippen molar-refractivity contribution in [3.8, 4) is 0 Å². The lowest BCUT2D eigenvalue weighted by atomic mass is 10.2. The quantitative estimate of drug-likeness (QED) is 0.221. The minimum atomic E-state index is -3.91. The molecule has 7 nitrogen and oxygen atoms in total. The summed E-state index contributed by atoms with van der Waals surface area (Å²) in [4.78, 5) is 12.1.